The van der Waals surface area contributed by atoms with E-state index in [0.29, 0.717) is 11.4 Å². The number of benzene rings is 2. The Kier molecular flexibility index (Phi) is 4.85. The van der Waals surface area contributed by atoms with Gasteiger partial charge in [-0.05, 0) is 44.0 Å². The molecule has 0 heterocycles. The molecule has 0 radical (unpaired) electrons. The molecule has 0 fully saturated rings. The fourth-order valence-corrected chi connectivity index (χ4v) is 3.91. The molecule has 0 saturated heterocycles. The van der Waals surface area contributed by atoms with Crippen LogP contribution in [0.2, 0.25) is 0 Å². The van der Waals surface area contributed by atoms with E-state index in [1.807, 2.05) is 32.9 Å². The van der Waals surface area contributed by atoms with Gasteiger partial charge < -0.3 is 9.47 Å². The third-order valence-corrected chi connectivity index (χ3v) is 4.94. The Labute approximate surface area is 137 Å². The van der Waals surface area contributed by atoms with Crippen molar-refractivity contribution in [1.29, 1.82) is 0 Å². The second-order valence-corrected chi connectivity index (χ2v) is 7.05. The van der Waals surface area contributed by atoms with Gasteiger partial charge in [0.1, 0.15) is 16.4 Å². The lowest BCUT2D eigenvalue weighted by atomic mass is 10.1. The van der Waals surface area contributed by atoms with Crippen LogP contribution in [0.1, 0.15) is 16.7 Å². The maximum atomic E-state index is 12.8. The predicted octanol–water partition coefficient (Wildman–Crippen LogP) is 3.43. The number of rotatable bonds is 5. The molecule has 2 rings (SSSR count). The number of ether oxygens (including phenoxy) is 2. The topological polar surface area (TPSA) is 64.6 Å². The highest BCUT2D eigenvalue weighted by Gasteiger charge is 2.22. The third-order valence-electron chi connectivity index (χ3n) is 3.57. The Bertz CT molecular complexity index is 805. The van der Waals surface area contributed by atoms with Gasteiger partial charge in [0.05, 0.1) is 19.9 Å². The lowest BCUT2D eigenvalue weighted by molar-refractivity contribution is 0.392. The fraction of sp³-hybridized carbons (Fsp3) is 0.294. The van der Waals surface area contributed by atoms with Crippen molar-refractivity contribution in [2.75, 3.05) is 18.9 Å². The summed E-state index contributed by atoms with van der Waals surface area (Å²) in [5, 5.41) is 0. The van der Waals surface area contributed by atoms with Crippen LogP contribution in [-0.2, 0) is 10.0 Å². The number of methoxy groups -OCH3 is 2. The molecule has 2 aromatic carbocycles. The van der Waals surface area contributed by atoms with Gasteiger partial charge in [0.2, 0.25) is 0 Å². The van der Waals surface area contributed by atoms with Crippen molar-refractivity contribution in [3.8, 4) is 11.5 Å². The molecule has 0 spiro atoms. The minimum absolute atomic E-state index is 0.0405. The van der Waals surface area contributed by atoms with Gasteiger partial charge >= 0.3 is 0 Å². The summed E-state index contributed by atoms with van der Waals surface area (Å²) in [5.74, 6) is 0.712. The van der Waals surface area contributed by atoms with E-state index in [4.69, 9.17) is 9.47 Å². The number of hydrogen-bond acceptors (Lipinski definition) is 4. The van der Waals surface area contributed by atoms with Crippen LogP contribution in [0.5, 0.6) is 11.5 Å². The summed E-state index contributed by atoms with van der Waals surface area (Å²) < 4.78 is 38.5. The first-order valence-corrected chi connectivity index (χ1v) is 8.59. The average Bonchev–Trinajstić information content (AvgIpc) is 2.50. The molecule has 0 amide bonds. The molecular formula is C17H21NO4S. The van der Waals surface area contributed by atoms with Crippen molar-refractivity contribution >= 4 is 15.7 Å². The Morgan fingerprint density at radius 3 is 2.04 bits per heavy atom. The van der Waals surface area contributed by atoms with Gasteiger partial charge in [0.15, 0.2) is 0 Å². The van der Waals surface area contributed by atoms with Gasteiger partial charge in [-0.25, -0.2) is 8.42 Å². The predicted molar refractivity (Wildman–Crippen MR) is 91.0 cm³/mol. The first-order chi connectivity index (χ1) is 10.8. The fourth-order valence-electron chi connectivity index (χ4n) is 2.52. The first kappa shape index (κ1) is 17.1. The molecule has 1 N–H and O–H groups in total. The van der Waals surface area contributed by atoms with Crippen molar-refractivity contribution < 1.29 is 17.9 Å². The van der Waals surface area contributed by atoms with Crippen LogP contribution in [0.15, 0.2) is 35.2 Å². The Hall–Kier alpha value is -2.21. The molecule has 5 nitrogen and oxygen atoms in total. The van der Waals surface area contributed by atoms with E-state index in [9.17, 15) is 8.42 Å². The zero-order valence-electron chi connectivity index (χ0n) is 13.9. The zero-order chi connectivity index (χ0) is 17.2. The summed E-state index contributed by atoms with van der Waals surface area (Å²) in [6.45, 7) is 5.73. The molecule has 6 heteroatoms. The van der Waals surface area contributed by atoms with Crippen LogP contribution in [0, 0.1) is 20.8 Å². The van der Waals surface area contributed by atoms with Crippen molar-refractivity contribution in [3.63, 3.8) is 0 Å². The lowest BCUT2D eigenvalue weighted by Crippen LogP contribution is -2.16. The molecule has 0 unspecified atom stereocenters. The van der Waals surface area contributed by atoms with Crippen molar-refractivity contribution in [2.45, 2.75) is 25.7 Å². The number of hydrogen-bond donors (Lipinski definition) is 1. The smallest absolute Gasteiger partial charge is 0.265 e. The molecule has 0 aliphatic carbocycles. The monoisotopic (exact) mass is 335 g/mol. The van der Waals surface area contributed by atoms with Gasteiger partial charge in [0, 0.05) is 6.07 Å². The molecule has 0 aliphatic heterocycles. The van der Waals surface area contributed by atoms with Crippen molar-refractivity contribution in [1.82, 2.24) is 0 Å². The SMILES string of the molecule is COc1ccc(OC)c(S(=O)(=O)Nc2c(C)cc(C)cc2C)c1. The third kappa shape index (κ3) is 3.59. The van der Waals surface area contributed by atoms with Gasteiger partial charge in [-0.3, -0.25) is 4.72 Å². The van der Waals surface area contributed by atoms with Gasteiger partial charge in [-0.2, -0.15) is 0 Å². The molecule has 0 aromatic heterocycles. The van der Waals surface area contributed by atoms with E-state index in [-0.39, 0.29) is 10.6 Å². The Balaban J connectivity index is 2.52. The minimum Gasteiger partial charge on any atom is -0.497 e. The summed E-state index contributed by atoms with van der Waals surface area (Å²) in [4.78, 5) is 0.0405. The Morgan fingerprint density at radius 2 is 1.52 bits per heavy atom. The molecule has 23 heavy (non-hydrogen) atoms. The van der Waals surface area contributed by atoms with E-state index in [0.717, 1.165) is 16.7 Å². The molecule has 0 saturated carbocycles. The van der Waals surface area contributed by atoms with E-state index in [2.05, 4.69) is 4.72 Å². The maximum Gasteiger partial charge on any atom is 0.265 e. The Morgan fingerprint density at radius 1 is 0.913 bits per heavy atom. The number of anilines is 1. The van der Waals surface area contributed by atoms with Crippen molar-refractivity contribution in [3.05, 3.63) is 47.0 Å². The molecule has 0 aliphatic rings. The molecule has 0 atom stereocenters. The number of sulfonamides is 1. The molecule has 2 aromatic rings. The standard InChI is InChI=1S/C17H21NO4S/c1-11-8-12(2)17(13(3)9-11)18-23(19,20)16-10-14(21-4)6-7-15(16)22-5/h6-10,18H,1-5H3. The van der Waals surface area contributed by atoms with E-state index in [1.54, 1.807) is 12.1 Å². The maximum absolute atomic E-state index is 12.8. The minimum atomic E-state index is -3.80. The highest BCUT2D eigenvalue weighted by Crippen LogP contribution is 2.31. The largest absolute Gasteiger partial charge is 0.497 e. The van der Waals surface area contributed by atoms with Crippen LogP contribution >= 0.6 is 0 Å². The van der Waals surface area contributed by atoms with Crippen LogP contribution in [0.25, 0.3) is 0 Å². The first-order valence-electron chi connectivity index (χ1n) is 7.11. The normalized spacial score (nSPS) is 11.2. The highest BCUT2D eigenvalue weighted by molar-refractivity contribution is 7.92. The van der Waals surface area contributed by atoms with Crippen LogP contribution in [0.4, 0.5) is 5.69 Å². The average molecular weight is 335 g/mol. The second-order valence-electron chi connectivity index (χ2n) is 5.40. The van der Waals surface area contributed by atoms with Crippen LogP contribution in [-0.4, -0.2) is 22.6 Å². The van der Waals surface area contributed by atoms with Crippen LogP contribution < -0.4 is 14.2 Å². The van der Waals surface area contributed by atoms with Gasteiger partial charge in [-0.15, -0.1) is 0 Å². The lowest BCUT2D eigenvalue weighted by Gasteiger charge is -2.16. The number of aryl methyl sites for hydroxylation is 3. The van der Waals surface area contributed by atoms with Crippen LogP contribution in [0.3, 0.4) is 0 Å². The summed E-state index contributed by atoms with van der Waals surface area (Å²) in [5.41, 5.74) is 3.41. The second kappa shape index (κ2) is 6.50. The van der Waals surface area contributed by atoms with E-state index in [1.165, 1.54) is 20.3 Å². The quantitative estimate of drug-likeness (QED) is 0.909. The van der Waals surface area contributed by atoms with Gasteiger partial charge in [-0.1, -0.05) is 17.7 Å². The molecule has 124 valence electrons. The highest BCUT2D eigenvalue weighted by atomic mass is 32.2. The molecule has 0 bridgehead atoms. The number of nitrogens with one attached hydrogen (secondary N) is 1. The summed E-state index contributed by atoms with van der Waals surface area (Å²) in [6, 6.07) is 8.55. The molecular weight excluding hydrogens is 314 g/mol. The van der Waals surface area contributed by atoms with Crippen molar-refractivity contribution in [2.24, 2.45) is 0 Å². The summed E-state index contributed by atoms with van der Waals surface area (Å²) >= 11 is 0. The van der Waals surface area contributed by atoms with Gasteiger partial charge in [0.25, 0.3) is 10.0 Å². The van der Waals surface area contributed by atoms with E-state index >= 15 is 0 Å². The zero-order valence-corrected chi connectivity index (χ0v) is 14.7. The van der Waals surface area contributed by atoms with E-state index < -0.39 is 10.0 Å². The summed E-state index contributed by atoms with van der Waals surface area (Å²) in [6.07, 6.45) is 0. The summed E-state index contributed by atoms with van der Waals surface area (Å²) in [7, 11) is -0.882.